The molecular formula is C28H24N2O4. The Balaban J connectivity index is 1.52. The minimum absolute atomic E-state index is 0.312. The van der Waals surface area contributed by atoms with Gasteiger partial charge in [0.25, 0.3) is 5.91 Å². The second-order valence-electron chi connectivity index (χ2n) is 8.40. The summed E-state index contributed by atoms with van der Waals surface area (Å²) in [5.74, 6) is -2.14. The number of para-hydroxylation sites is 1. The molecule has 1 aliphatic rings. The van der Waals surface area contributed by atoms with Gasteiger partial charge in [0.15, 0.2) is 5.78 Å². The average Bonchev–Trinajstić information content (AvgIpc) is 3.41. The quantitative estimate of drug-likeness (QED) is 0.257. The van der Waals surface area contributed by atoms with E-state index in [1.807, 2.05) is 48.7 Å². The summed E-state index contributed by atoms with van der Waals surface area (Å²) in [5, 5.41) is 1.08. The molecule has 1 aromatic heterocycles. The summed E-state index contributed by atoms with van der Waals surface area (Å²) in [4.78, 5) is 44.6. The molecule has 170 valence electrons. The molecule has 0 spiro atoms. The number of hydrogen-bond donors (Lipinski definition) is 1. The molecule has 6 nitrogen and oxygen atoms in total. The van der Waals surface area contributed by atoms with Gasteiger partial charge in [-0.15, -0.1) is 0 Å². The number of hydrogen-bond acceptors (Lipinski definition) is 4. The number of carbonyl (C=O) groups excluding carboxylic acids is 3. The van der Waals surface area contributed by atoms with Gasteiger partial charge in [0.2, 0.25) is 5.78 Å². The number of rotatable bonds is 7. The highest BCUT2D eigenvalue weighted by atomic mass is 16.5. The van der Waals surface area contributed by atoms with E-state index in [4.69, 9.17) is 4.74 Å². The molecule has 1 aliphatic heterocycles. The average molecular weight is 453 g/mol. The van der Waals surface area contributed by atoms with Crippen LogP contribution in [-0.4, -0.2) is 41.0 Å². The van der Waals surface area contributed by atoms with Crippen LogP contribution < -0.4 is 4.74 Å². The maximum Gasteiger partial charge on any atom is 0.291 e. The van der Waals surface area contributed by atoms with Gasteiger partial charge in [0.05, 0.1) is 13.2 Å². The lowest BCUT2D eigenvalue weighted by atomic mass is 9.86. The first-order valence-corrected chi connectivity index (χ1v) is 11.2. The van der Waals surface area contributed by atoms with Crippen LogP contribution in [0.1, 0.15) is 27.5 Å². The zero-order valence-corrected chi connectivity index (χ0v) is 18.7. The molecule has 1 amide bonds. The summed E-state index contributed by atoms with van der Waals surface area (Å²) < 4.78 is 5.37. The molecule has 2 heterocycles. The molecule has 0 radical (unpaired) electrons. The molecule has 2 unspecified atom stereocenters. The first-order chi connectivity index (χ1) is 16.6. The highest BCUT2D eigenvalue weighted by molar-refractivity contribution is 6.44. The number of fused-ring (bicyclic) bond motifs is 1. The van der Waals surface area contributed by atoms with Gasteiger partial charge in [-0.05, 0) is 35.7 Å². The molecule has 1 saturated heterocycles. The first kappa shape index (κ1) is 21.6. The van der Waals surface area contributed by atoms with Gasteiger partial charge in [0.1, 0.15) is 11.7 Å². The van der Waals surface area contributed by atoms with Crippen LogP contribution in [0.15, 0.2) is 85.1 Å². The Morgan fingerprint density at radius 2 is 1.74 bits per heavy atom. The molecule has 2 atom stereocenters. The van der Waals surface area contributed by atoms with Crippen LogP contribution in [0.3, 0.4) is 0 Å². The van der Waals surface area contributed by atoms with Gasteiger partial charge < -0.3 is 14.6 Å². The van der Waals surface area contributed by atoms with Crippen molar-refractivity contribution in [3.8, 4) is 5.75 Å². The lowest BCUT2D eigenvalue weighted by molar-refractivity contribution is -0.140. The van der Waals surface area contributed by atoms with Crippen molar-refractivity contribution in [1.29, 1.82) is 0 Å². The van der Waals surface area contributed by atoms with E-state index in [2.05, 4.69) is 4.98 Å². The Morgan fingerprint density at radius 3 is 2.53 bits per heavy atom. The topological polar surface area (TPSA) is 79.5 Å². The molecule has 4 aromatic rings. The van der Waals surface area contributed by atoms with Crippen LogP contribution in [-0.2, 0) is 16.0 Å². The van der Waals surface area contributed by atoms with Crippen molar-refractivity contribution in [2.24, 2.45) is 5.92 Å². The molecule has 0 saturated carbocycles. The lowest BCUT2D eigenvalue weighted by Crippen LogP contribution is -2.32. The third kappa shape index (κ3) is 3.77. The number of ether oxygens (including phenoxy) is 1. The summed E-state index contributed by atoms with van der Waals surface area (Å²) in [5.41, 5.74) is 3.19. The van der Waals surface area contributed by atoms with Crippen molar-refractivity contribution in [1.82, 2.24) is 9.88 Å². The zero-order valence-electron chi connectivity index (χ0n) is 18.7. The summed E-state index contributed by atoms with van der Waals surface area (Å²) in [6.45, 7) is 0.312. The number of H-pyrrole nitrogens is 1. The van der Waals surface area contributed by atoms with E-state index in [0.29, 0.717) is 29.8 Å². The fourth-order valence-corrected chi connectivity index (χ4v) is 4.79. The summed E-state index contributed by atoms with van der Waals surface area (Å²) in [7, 11) is 1.56. The summed E-state index contributed by atoms with van der Waals surface area (Å²) >= 11 is 0. The molecule has 0 aliphatic carbocycles. The van der Waals surface area contributed by atoms with E-state index in [0.717, 1.165) is 16.5 Å². The number of carbonyl (C=O) groups is 3. The smallest absolute Gasteiger partial charge is 0.291 e. The molecule has 0 bridgehead atoms. The molecule has 6 heteroatoms. The highest BCUT2D eigenvalue weighted by Gasteiger charge is 2.51. The van der Waals surface area contributed by atoms with Gasteiger partial charge in [-0.2, -0.15) is 0 Å². The lowest BCUT2D eigenvalue weighted by Gasteiger charge is -2.27. The number of benzene rings is 3. The number of amides is 1. The van der Waals surface area contributed by atoms with Crippen molar-refractivity contribution in [3.05, 3.63) is 102 Å². The van der Waals surface area contributed by atoms with E-state index in [-0.39, 0.29) is 5.78 Å². The molecular weight excluding hydrogens is 428 g/mol. The molecule has 34 heavy (non-hydrogen) atoms. The van der Waals surface area contributed by atoms with E-state index < -0.39 is 23.7 Å². The minimum Gasteiger partial charge on any atom is -0.497 e. The maximum atomic E-state index is 13.5. The summed E-state index contributed by atoms with van der Waals surface area (Å²) in [6, 6.07) is 23.2. The van der Waals surface area contributed by atoms with Crippen LogP contribution in [0.2, 0.25) is 0 Å². The van der Waals surface area contributed by atoms with Crippen molar-refractivity contribution in [2.75, 3.05) is 13.7 Å². The highest BCUT2D eigenvalue weighted by Crippen LogP contribution is 2.39. The van der Waals surface area contributed by atoms with Gasteiger partial charge in [-0.3, -0.25) is 14.4 Å². The predicted octanol–water partition coefficient (Wildman–Crippen LogP) is 4.37. The van der Waals surface area contributed by atoms with E-state index in [1.165, 1.54) is 0 Å². The van der Waals surface area contributed by atoms with Crippen molar-refractivity contribution in [3.63, 3.8) is 0 Å². The number of methoxy groups -OCH3 is 1. The number of nitrogens with one attached hydrogen (secondary N) is 1. The Hall–Kier alpha value is -4.19. The van der Waals surface area contributed by atoms with Crippen LogP contribution in [0.5, 0.6) is 5.75 Å². The summed E-state index contributed by atoms with van der Waals surface area (Å²) in [6.07, 6.45) is 2.48. The molecule has 1 fully saturated rings. The van der Waals surface area contributed by atoms with E-state index >= 15 is 0 Å². The van der Waals surface area contributed by atoms with Crippen LogP contribution >= 0.6 is 0 Å². The third-order valence-electron chi connectivity index (χ3n) is 6.48. The second-order valence-corrected chi connectivity index (χ2v) is 8.40. The monoisotopic (exact) mass is 452 g/mol. The number of Topliss-reactive ketones (excluding diaryl/α,β-unsaturated/α-hetero) is 2. The Bertz CT molecular complexity index is 1380. The number of ketones is 2. The van der Waals surface area contributed by atoms with Crippen molar-refractivity contribution >= 4 is 28.4 Å². The Labute approximate surface area is 197 Å². The fourth-order valence-electron chi connectivity index (χ4n) is 4.79. The van der Waals surface area contributed by atoms with Crippen molar-refractivity contribution in [2.45, 2.75) is 12.5 Å². The van der Waals surface area contributed by atoms with Gasteiger partial charge >= 0.3 is 0 Å². The molecule has 5 rings (SSSR count). The zero-order chi connectivity index (χ0) is 23.7. The third-order valence-corrected chi connectivity index (χ3v) is 6.48. The van der Waals surface area contributed by atoms with Gasteiger partial charge in [0, 0.05) is 29.2 Å². The Kier molecular flexibility index (Phi) is 5.72. The molecule has 3 aromatic carbocycles. The van der Waals surface area contributed by atoms with Gasteiger partial charge in [-0.1, -0.05) is 60.7 Å². The molecule has 1 N–H and O–H groups in total. The van der Waals surface area contributed by atoms with E-state index in [1.54, 1.807) is 48.4 Å². The van der Waals surface area contributed by atoms with Gasteiger partial charge in [-0.25, -0.2) is 0 Å². The normalized spacial score (nSPS) is 18.0. The maximum absolute atomic E-state index is 13.5. The van der Waals surface area contributed by atoms with Crippen molar-refractivity contribution < 1.29 is 19.1 Å². The Morgan fingerprint density at radius 1 is 0.971 bits per heavy atom. The van der Waals surface area contributed by atoms with Crippen LogP contribution in [0, 0.1) is 5.92 Å². The standard InChI is InChI=1S/C28H24N2O4/c1-34-21-11-7-10-19(16-21)25-24(26(31)18-8-3-2-4-9-18)27(32)28(33)30(25)15-14-20-17-29-23-13-6-5-12-22(20)23/h2-13,16-17,24-25,29H,14-15H2,1H3. The largest absolute Gasteiger partial charge is 0.497 e. The van der Waals surface area contributed by atoms with E-state index in [9.17, 15) is 14.4 Å². The van der Waals surface area contributed by atoms with Crippen LogP contribution in [0.4, 0.5) is 0 Å². The first-order valence-electron chi connectivity index (χ1n) is 11.2. The predicted molar refractivity (Wildman–Crippen MR) is 129 cm³/mol. The fraction of sp³-hybridized carbons (Fsp3) is 0.179. The minimum atomic E-state index is -1.11. The number of nitrogens with zero attached hydrogens (tertiary/aromatic N) is 1. The van der Waals surface area contributed by atoms with Crippen LogP contribution in [0.25, 0.3) is 10.9 Å². The number of likely N-dealkylation sites (tertiary alicyclic amines) is 1. The second kappa shape index (κ2) is 8.98. The number of aromatic amines is 1. The number of aromatic nitrogens is 1. The SMILES string of the molecule is COc1cccc(C2C(C(=O)c3ccccc3)C(=O)C(=O)N2CCc2c[nH]c3ccccc23)c1.